The Hall–Kier alpha value is -3.29. The van der Waals surface area contributed by atoms with Crippen LogP contribution in [0.2, 0.25) is 5.02 Å². The third kappa shape index (κ3) is 6.40. The number of nitrogens with zero attached hydrogens (tertiary/aromatic N) is 2. The van der Waals surface area contributed by atoms with Crippen molar-refractivity contribution in [3.63, 3.8) is 0 Å². The molecule has 0 spiro atoms. The zero-order valence-electron chi connectivity index (χ0n) is 18.5. The molecule has 3 rings (SSSR count). The van der Waals surface area contributed by atoms with Crippen molar-refractivity contribution in [2.45, 2.75) is 44.5 Å². The zero-order valence-corrected chi connectivity index (χ0v) is 20.1. The molecule has 0 radical (unpaired) electrons. The number of hydrogen-bond donors (Lipinski definition) is 0. The molecular weight excluding hydrogens is 484 g/mol. The number of carbonyl (C=O) groups is 3. The zero-order chi connectivity index (χ0) is 24.8. The Morgan fingerprint density at radius 1 is 1.00 bits per heavy atom. The molecule has 1 fully saturated rings. The minimum absolute atomic E-state index is 0.248. The summed E-state index contributed by atoms with van der Waals surface area (Å²) in [5.74, 6) is -1.18. The first-order valence-corrected chi connectivity index (χ1v) is 11.6. The van der Waals surface area contributed by atoms with Gasteiger partial charge in [-0.3, -0.25) is 19.4 Å². The lowest BCUT2D eigenvalue weighted by molar-refractivity contribution is -0.186. The van der Waals surface area contributed by atoms with Gasteiger partial charge in [-0.05, 0) is 23.8 Å². The Balaban J connectivity index is 1.88. The Morgan fingerprint density at radius 2 is 1.68 bits per heavy atom. The number of benzene rings is 1. The van der Waals surface area contributed by atoms with Crippen LogP contribution < -0.4 is 4.74 Å². The van der Waals surface area contributed by atoms with Gasteiger partial charge in [-0.15, -0.1) is 11.8 Å². The number of esters is 3. The van der Waals surface area contributed by atoms with Gasteiger partial charge >= 0.3 is 17.9 Å². The van der Waals surface area contributed by atoms with Gasteiger partial charge in [0.25, 0.3) is 0 Å². The second kappa shape index (κ2) is 11.2. The maximum atomic E-state index is 11.8. The number of ether oxygens (including phenoxy) is 4. The van der Waals surface area contributed by atoms with Crippen LogP contribution in [0.15, 0.2) is 36.7 Å². The molecule has 2 aromatic rings. The summed E-state index contributed by atoms with van der Waals surface area (Å²) in [5.41, 5.74) is 0.986. The molecule has 0 amide bonds. The highest BCUT2D eigenvalue weighted by Crippen LogP contribution is 2.35. The monoisotopic (exact) mass is 504 g/mol. The number of hydrogen-bond acceptors (Lipinski definition) is 10. The molecule has 1 saturated heterocycles. The summed E-state index contributed by atoms with van der Waals surface area (Å²) in [5, 5.41) is 9.38. The molecule has 0 N–H and O–H groups in total. The van der Waals surface area contributed by atoms with Crippen LogP contribution in [-0.4, -0.2) is 52.4 Å². The topological polar surface area (TPSA) is 125 Å². The van der Waals surface area contributed by atoms with Gasteiger partial charge in [0.05, 0.1) is 16.8 Å². The summed E-state index contributed by atoms with van der Waals surface area (Å²) >= 11 is 7.39. The van der Waals surface area contributed by atoms with E-state index in [-0.39, 0.29) is 5.75 Å². The third-order valence-electron chi connectivity index (χ3n) is 4.69. The van der Waals surface area contributed by atoms with E-state index in [1.165, 1.54) is 38.7 Å². The van der Waals surface area contributed by atoms with Gasteiger partial charge in [0, 0.05) is 38.3 Å². The minimum atomic E-state index is -1.05. The van der Waals surface area contributed by atoms with Crippen LogP contribution in [-0.2, 0) is 28.6 Å². The van der Waals surface area contributed by atoms with E-state index in [2.05, 4.69) is 4.98 Å². The van der Waals surface area contributed by atoms with Gasteiger partial charge in [-0.2, -0.15) is 5.26 Å². The summed E-state index contributed by atoms with van der Waals surface area (Å²) in [6.45, 7) is 3.67. The lowest BCUT2D eigenvalue weighted by Gasteiger charge is -2.39. The fourth-order valence-electron chi connectivity index (χ4n) is 3.37. The molecule has 9 nitrogen and oxygen atoms in total. The highest BCUT2D eigenvalue weighted by Gasteiger charge is 2.47. The number of carbonyl (C=O) groups excluding carboxylic acids is 3. The standard InChI is InChI=1S/C23H21ClN2O7S/c1-12(27)30-20-11-34-23(22(32-14(3)29)21(20)31-13(2)28)33-18-6-17(9-26-10-18)15-4-5-16(8-25)19(24)7-15/h4-7,9-10,20-23H,11H2,1-3H3/t20-,21+,22-,23+/m1/s1. The normalized spacial score (nSPS) is 21.6. The molecule has 0 aliphatic carbocycles. The number of thioether (sulfide) groups is 1. The van der Waals surface area contributed by atoms with Gasteiger partial charge in [0.15, 0.2) is 23.7 Å². The van der Waals surface area contributed by atoms with Crippen LogP contribution in [0.4, 0.5) is 0 Å². The summed E-state index contributed by atoms with van der Waals surface area (Å²) in [7, 11) is 0. The van der Waals surface area contributed by atoms with E-state index < -0.39 is 41.7 Å². The SMILES string of the molecule is CC(=O)O[C@@H]1[C@@H](OC(C)=O)[C@@H](Oc2cncc(-c3ccc(C#N)c(Cl)c3)c2)SC[C@H]1OC(C)=O. The largest absolute Gasteiger partial charge is 0.474 e. The van der Waals surface area contributed by atoms with Crippen molar-refractivity contribution < 1.29 is 33.3 Å². The Labute approximate surface area is 205 Å². The molecule has 11 heteroatoms. The quantitative estimate of drug-likeness (QED) is 0.426. The summed E-state index contributed by atoms with van der Waals surface area (Å²) in [6, 6.07) is 8.73. The Kier molecular flexibility index (Phi) is 8.36. The Bertz CT molecular complexity index is 1140. The Morgan fingerprint density at radius 3 is 2.29 bits per heavy atom. The second-order valence-electron chi connectivity index (χ2n) is 7.33. The fourth-order valence-corrected chi connectivity index (χ4v) is 4.81. The second-order valence-corrected chi connectivity index (χ2v) is 8.87. The predicted octanol–water partition coefficient (Wildman–Crippen LogP) is 3.52. The number of nitriles is 1. The van der Waals surface area contributed by atoms with Crippen molar-refractivity contribution in [2.75, 3.05) is 5.75 Å². The van der Waals surface area contributed by atoms with Crippen molar-refractivity contribution in [1.29, 1.82) is 5.26 Å². The highest BCUT2D eigenvalue weighted by molar-refractivity contribution is 7.99. The molecule has 1 aliphatic heterocycles. The molecule has 0 saturated carbocycles. The van der Waals surface area contributed by atoms with E-state index in [9.17, 15) is 14.4 Å². The van der Waals surface area contributed by atoms with Crippen LogP contribution in [0.5, 0.6) is 5.75 Å². The van der Waals surface area contributed by atoms with Gasteiger partial charge in [-0.1, -0.05) is 17.7 Å². The minimum Gasteiger partial charge on any atom is -0.474 e. The van der Waals surface area contributed by atoms with E-state index >= 15 is 0 Å². The fraction of sp³-hybridized carbons (Fsp3) is 0.348. The van der Waals surface area contributed by atoms with Crippen LogP contribution in [0.3, 0.4) is 0 Å². The van der Waals surface area contributed by atoms with Crippen molar-refractivity contribution in [1.82, 2.24) is 4.98 Å². The first-order valence-electron chi connectivity index (χ1n) is 10.1. The summed E-state index contributed by atoms with van der Waals surface area (Å²) in [4.78, 5) is 39.3. The predicted molar refractivity (Wildman–Crippen MR) is 123 cm³/mol. The molecule has 1 aliphatic rings. The third-order valence-corrected chi connectivity index (χ3v) is 6.22. The lowest BCUT2D eigenvalue weighted by Crippen LogP contribution is -2.55. The number of aromatic nitrogens is 1. The van der Waals surface area contributed by atoms with Gasteiger partial charge < -0.3 is 18.9 Å². The van der Waals surface area contributed by atoms with Gasteiger partial charge in [0.1, 0.15) is 11.8 Å². The van der Waals surface area contributed by atoms with E-state index in [4.69, 9.17) is 35.8 Å². The molecule has 4 atom stereocenters. The van der Waals surface area contributed by atoms with E-state index in [0.717, 1.165) is 5.56 Å². The van der Waals surface area contributed by atoms with Crippen molar-refractivity contribution in [3.05, 3.63) is 47.2 Å². The van der Waals surface area contributed by atoms with Crippen molar-refractivity contribution in [2.24, 2.45) is 0 Å². The molecular formula is C23H21ClN2O7S. The molecule has 0 bridgehead atoms. The maximum absolute atomic E-state index is 11.8. The van der Waals surface area contributed by atoms with E-state index in [0.29, 0.717) is 21.9 Å². The molecule has 2 heterocycles. The van der Waals surface area contributed by atoms with Crippen LogP contribution in [0.25, 0.3) is 11.1 Å². The summed E-state index contributed by atoms with van der Waals surface area (Å²) < 4.78 is 22.2. The molecule has 0 unspecified atom stereocenters. The van der Waals surface area contributed by atoms with Crippen LogP contribution >= 0.6 is 23.4 Å². The lowest BCUT2D eigenvalue weighted by atomic mass is 10.1. The van der Waals surface area contributed by atoms with Crippen LogP contribution in [0.1, 0.15) is 26.3 Å². The molecule has 178 valence electrons. The average molecular weight is 505 g/mol. The number of rotatable bonds is 6. The van der Waals surface area contributed by atoms with E-state index in [1.54, 1.807) is 30.5 Å². The van der Waals surface area contributed by atoms with Crippen molar-refractivity contribution >= 4 is 41.3 Å². The molecule has 34 heavy (non-hydrogen) atoms. The van der Waals surface area contributed by atoms with Gasteiger partial charge in [-0.25, -0.2) is 0 Å². The smallest absolute Gasteiger partial charge is 0.303 e. The summed E-state index contributed by atoms with van der Waals surface area (Å²) in [6.07, 6.45) is 0.183. The van der Waals surface area contributed by atoms with Crippen LogP contribution in [0, 0.1) is 11.3 Å². The van der Waals surface area contributed by atoms with Gasteiger partial charge in [0.2, 0.25) is 0 Å². The van der Waals surface area contributed by atoms with E-state index in [1.807, 2.05) is 6.07 Å². The highest BCUT2D eigenvalue weighted by atomic mass is 35.5. The van der Waals surface area contributed by atoms with Crippen molar-refractivity contribution in [3.8, 4) is 22.9 Å². The first-order chi connectivity index (χ1) is 16.2. The number of pyridine rings is 1. The number of halogens is 1. The average Bonchev–Trinajstić information content (AvgIpc) is 2.77. The molecule has 1 aromatic heterocycles. The maximum Gasteiger partial charge on any atom is 0.303 e. The first kappa shape index (κ1) is 25.3. The molecule has 1 aromatic carbocycles.